The zero-order chi connectivity index (χ0) is 15.2. The molecule has 1 aromatic heterocycles. The van der Waals surface area contributed by atoms with Crippen molar-refractivity contribution in [3.8, 4) is 11.5 Å². The molecule has 0 atom stereocenters. The summed E-state index contributed by atoms with van der Waals surface area (Å²) in [5.41, 5.74) is 6.12. The number of nitrogens with two attached hydrogens (primary N) is 1. The summed E-state index contributed by atoms with van der Waals surface area (Å²) >= 11 is 0. The number of aromatic nitrogens is 2. The van der Waals surface area contributed by atoms with E-state index in [-0.39, 0.29) is 5.84 Å². The number of imidazole rings is 1. The topological polar surface area (TPSA) is 94.9 Å². The van der Waals surface area contributed by atoms with Gasteiger partial charge in [-0.05, 0) is 19.1 Å². The van der Waals surface area contributed by atoms with E-state index in [1.54, 1.807) is 31.5 Å². The highest BCUT2D eigenvalue weighted by Crippen LogP contribution is 2.22. The first-order chi connectivity index (χ1) is 10.1. The number of ether oxygens (including phenoxy) is 2. The van der Waals surface area contributed by atoms with E-state index in [2.05, 4.69) is 10.1 Å². The lowest BCUT2D eigenvalue weighted by Crippen LogP contribution is -2.14. The van der Waals surface area contributed by atoms with Gasteiger partial charge in [-0.1, -0.05) is 5.16 Å². The van der Waals surface area contributed by atoms with E-state index in [9.17, 15) is 0 Å². The average molecular weight is 290 g/mol. The molecule has 0 amide bonds. The monoisotopic (exact) mass is 290 g/mol. The molecular weight excluding hydrogens is 272 g/mol. The molecule has 0 unspecified atom stereocenters. The number of rotatable bonds is 6. The van der Waals surface area contributed by atoms with Crippen molar-refractivity contribution in [1.82, 2.24) is 9.55 Å². The number of amidine groups is 1. The lowest BCUT2D eigenvalue weighted by molar-refractivity contribution is 0.295. The van der Waals surface area contributed by atoms with E-state index in [4.69, 9.17) is 20.4 Å². The average Bonchev–Trinajstić information content (AvgIpc) is 2.91. The van der Waals surface area contributed by atoms with Crippen LogP contribution in [0.4, 0.5) is 0 Å². The van der Waals surface area contributed by atoms with Crippen LogP contribution in [0.1, 0.15) is 11.4 Å². The molecule has 0 spiro atoms. The second kappa shape index (κ2) is 6.65. The molecule has 0 fully saturated rings. The predicted molar refractivity (Wildman–Crippen MR) is 78.0 cm³/mol. The summed E-state index contributed by atoms with van der Waals surface area (Å²) in [4.78, 5) is 4.15. The van der Waals surface area contributed by atoms with Gasteiger partial charge >= 0.3 is 0 Å². The Kier molecular flexibility index (Phi) is 4.65. The Hall–Kier alpha value is -2.70. The minimum Gasteiger partial charge on any atom is -0.497 e. The lowest BCUT2D eigenvalue weighted by atomic mass is 10.2. The second-order valence-electron chi connectivity index (χ2n) is 4.40. The first-order valence-electron chi connectivity index (χ1n) is 6.41. The maximum Gasteiger partial charge on any atom is 0.170 e. The van der Waals surface area contributed by atoms with Gasteiger partial charge in [-0.25, -0.2) is 4.98 Å². The highest BCUT2D eigenvalue weighted by Gasteiger charge is 2.06. The van der Waals surface area contributed by atoms with Crippen LogP contribution in [0.5, 0.6) is 11.5 Å². The van der Waals surface area contributed by atoms with E-state index in [0.717, 1.165) is 5.82 Å². The molecular formula is C14H18N4O3. The Morgan fingerprint density at radius 2 is 2.14 bits per heavy atom. The summed E-state index contributed by atoms with van der Waals surface area (Å²) in [6.45, 7) is 3.09. The largest absolute Gasteiger partial charge is 0.497 e. The molecule has 0 saturated carbocycles. The number of methoxy groups -OCH3 is 1. The van der Waals surface area contributed by atoms with E-state index < -0.39 is 0 Å². The highest BCUT2D eigenvalue weighted by molar-refractivity contribution is 5.97. The molecule has 3 N–H and O–H groups in total. The molecule has 2 aromatic rings. The third kappa shape index (κ3) is 3.65. The zero-order valence-electron chi connectivity index (χ0n) is 12.0. The van der Waals surface area contributed by atoms with Crippen LogP contribution in [0, 0.1) is 6.92 Å². The van der Waals surface area contributed by atoms with Gasteiger partial charge in [0.15, 0.2) is 5.84 Å². The van der Waals surface area contributed by atoms with E-state index >= 15 is 0 Å². The molecule has 0 radical (unpaired) electrons. The number of oxime groups is 1. The van der Waals surface area contributed by atoms with Crippen molar-refractivity contribution in [2.24, 2.45) is 10.9 Å². The Balaban J connectivity index is 2.07. The molecule has 7 heteroatoms. The van der Waals surface area contributed by atoms with Gasteiger partial charge in [0, 0.05) is 24.0 Å². The van der Waals surface area contributed by atoms with Crippen LogP contribution in [-0.4, -0.2) is 34.3 Å². The first kappa shape index (κ1) is 14.7. The maximum absolute atomic E-state index is 8.75. The SMILES string of the molecule is COc1cc(OCCn2ccnc2C)cc(/C(N)=N/O)c1. The van der Waals surface area contributed by atoms with Gasteiger partial charge in [-0.3, -0.25) is 0 Å². The summed E-state index contributed by atoms with van der Waals surface area (Å²) in [5, 5.41) is 11.7. The predicted octanol–water partition coefficient (Wildman–Crippen LogP) is 1.37. The summed E-state index contributed by atoms with van der Waals surface area (Å²) in [6.07, 6.45) is 3.64. The second-order valence-corrected chi connectivity index (χ2v) is 4.40. The standard InChI is InChI=1S/C14H18N4O3/c1-10-16-3-4-18(10)5-6-21-13-8-11(14(15)17-19)7-12(9-13)20-2/h3-4,7-9,19H,5-6H2,1-2H3,(H2,15,17). The summed E-state index contributed by atoms with van der Waals surface area (Å²) < 4.78 is 12.9. The lowest BCUT2D eigenvalue weighted by Gasteiger charge is -2.11. The molecule has 1 aromatic carbocycles. The van der Waals surface area contributed by atoms with Gasteiger partial charge in [0.1, 0.15) is 23.9 Å². The first-order valence-corrected chi connectivity index (χ1v) is 6.41. The normalized spacial score (nSPS) is 11.4. The fourth-order valence-electron chi connectivity index (χ4n) is 1.88. The van der Waals surface area contributed by atoms with Crippen molar-refractivity contribution in [3.63, 3.8) is 0 Å². The quantitative estimate of drug-likeness (QED) is 0.362. The molecule has 2 rings (SSSR count). The van der Waals surface area contributed by atoms with Gasteiger partial charge < -0.3 is 25.0 Å². The Bertz CT molecular complexity index is 637. The smallest absolute Gasteiger partial charge is 0.170 e. The van der Waals surface area contributed by atoms with E-state index in [0.29, 0.717) is 30.2 Å². The van der Waals surface area contributed by atoms with E-state index in [1.165, 1.54) is 0 Å². The third-order valence-electron chi connectivity index (χ3n) is 3.04. The van der Waals surface area contributed by atoms with Gasteiger partial charge in [0.25, 0.3) is 0 Å². The number of nitrogens with zero attached hydrogens (tertiary/aromatic N) is 3. The van der Waals surface area contributed by atoms with Crippen molar-refractivity contribution in [1.29, 1.82) is 0 Å². The van der Waals surface area contributed by atoms with Crippen LogP contribution in [0.2, 0.25) is 0 Å². The van der Waals surface area contributed by atoms with Crippen molar-refractivity contribution in [2.45, 2.75) is 13.5 Å². The molecule has 0 aliphatic carbocycles. The van der Waals surface area contributed by atoms with Gasteiger partial charge in [0.2, 0.25) is 0 Å². The van der Waals surface area contributed by atoms with Crippen molar-refractivity contribution >= 4 is 5.84 Å². The zero-order valence-corrected chi connectivity index (χ0v) is 12.0. The van der Waals surface area contributed by atoms with Crippen molar-refractivity contribution in [3.05, 3.63) is 42.0 Å². The van der Waals surface area contributed by atoms with E-state index in [1.807, 2.05) is 17.7 Å². The molecule has 112 valence electrons. The van der Waals surface area contributed by atoms with Crippen LogP contribution in [0.15, 0.2) is 35.7 Å². The Morgan fingerprint density at radius 1 is 1.38 bits per heavy atom. The minimum atomic E-state index is 0.00389. The summed E-state index contributed by atoms with van der Waals surface area (Å²) in [6, 6.07) is 5.11. The molecule has 0 bridgehead atoms. The number of aryl methyl sites for hydroxylation is 1. The Morgan fingerprint density at radius 3 is 2.76 bits per heavy atom. The highest BCUT2D eigenvalue weighted by atomic mass is 16.5. The molecule has 1 heterocycles. The molecule has 7 nitrogen and oxygen atoms in total. The maximum atomic E-state index is 8.75. The number of hydrogen-bond donors (Lipinski definition) is 2. The van der Waals surface area contributed by atoms with Gasteiger partial charge in [-0.15, -0.1) is 0 Å². The molecule has 0 aliphatic heterocycles. The fourth-order valence-corrected chi connectivity index (χ4v) is 1.88. The Labute approximate surface area is 122 Å². The van der Waals surface area contributed by atoms with Gasteiger partial charge in [-0.2, -0.15) is 0 Å². The van der Waals surface area contributed by atoms with Crippen LogP contribution >= 0.6 is 0 Å². The summed E-state index contributed by atoms with van der Waals surface area (Å²) in [7, 11) is 1.55. The van der Waals surface area contributed by atoms with Crippen LogP contribution in [0.3, 0.4) is 0 Å². The van der Waals surface area contributed by atoms with Crippen LogP contribution < -0.4 is 15.2 Å². The fraction of sp³-hybridized carbons (Fsp3) is 0.286. The van der Waals surface area contributed by atoms with Crippen LogP contribution in [-0.2, 0) is 6.54 Å². The molecule has 21 heavy (non-hydrogen) atoms. The third-order valence-corrected chi connectivity index (χ3v) is 3.04. The van der Waals surface area contributed by atoms with Crippen LogP contribution in [0.25, 0.3) is 0 Å². The van der Waals surface area contributed by atoms with Gasteiger partial charge in [0.05, 0.1) is 13.7 Å². The van der Waals surface area contributed by atoms with Crippen molar-refractivity contribution < 1.29 is 14.7 Å². The van der Waals surface area contributed by atoms with Crippen molar-refractivity contribution in [2.75, 3.05) is 13.7 Å². The molecule has 0 aliphatic rings. The minimum absolute atomic E-state index is 0.00389. The number of hydrogen-bond acceptors (Lipinski definition) is 5. The molecule has 0 saturated heterocycles. The number of benzene rings is 1. The summed E-state index contributed by atoms with van der Waals surface area (Å²) in [5.74, 6) is 2.10.